The van der Waals surface area contributed by atoms with Crippen LogP contribution < -0.4 is 15.5 Å². The van der Waals surface area contributed by atoms with Crippen LogP contribution in [0.15, 0.2) is 18.3 Å². The third-order valence-electron chi connectivity index (χ3n) is 4.15. The van der Waals surface area contributed by atoms with Crippen LogP contribution in [0.4, 0.5) is 11.5 Å². The van der Waals surface area contributed by atoms with E-state index in [1.165, 1.54) is 32.1 Å². The first kappa shape index (κ1) is 14.3. The van der Waals surface area contributed by atoms with E-state index >= 15 is 0 Å². The second-order valence-electron chi connectivity index (χ2n) is 6.07. The van der Waals surface area contributed by atoms with Crippen LogP contribution in [0.5, 0.6) is 0 Å². The average molecular weight is 288 g/mol. The lowest BCUT2D eigenvalue weighted by Gasteiger charge is -2.28. The van der Waals surface area contributed by atoms with E-state index in [0.29, 0.717) is 12.4 Å². The first-order valence-corrected chi connectivity index (χ1v) is 8.03. The van der Waals surface area contributed by atoms with Gasteiger partial charge in [0.2, 0.25) is 5.91 Å². The number of hydrogen-bond donors (Lipinski definition) is 2. The molecule has 2 fully saturated rings. The smallest absolute Gasteiger partial charge is 0.239 e. The van der Waals surface area contributed by atoms with Crippen LogP contribution in [0.3, 0.4) is 0 Å². The normalized spacial score (nSPS) is 18.6. The fourth-order valence-electron chi connectivity index (χ4n) is 2.70. The molecule has 0 aromatic carbocycles. The van der Waals surface area contributed by atoms with Crippen molar-refractivity contribution in [3.63, 3.8) is 0 Å². The van der Waals surface area contributed by atoms with Crippen LogP contribution >= 0.6 is 0 Å². The van der Waals surface area contributed by atoms with Crippen molar-refractivity contribution in [2.24, 2.45) is 5.92 Å². The molecule has 2 heterocycles. The Labute approximate surface area is 126 Å². The minimum absolute atomic E-state index is 0.0196. The van der Waals surface area contributed by atoms with Gasteiger partial charge < -0.3 is 15.5 Å². The molecule has 0 atom stereocenters. The zero-order valence-corrected chi connectivity index (χ0v) is 12.5. The number of carbonyl (C=O) groups is 1. The van der Waals surface area contributed by atoms with Gasteiger partial charge in [0.1, 0.15) is 5.82 Å². The fourth-order valence-corrected chi connectivity index (χ4v) is 2.70. The van der Waals surface area contributed by atoms with E-state index < -0.39 is 0 Å². The standard InChI is InChI=1S/C16H24N4O/c21-16(12-17-10-13-4-5-13)19-15-7-6-14(11-18-15)20-8-2-1-3-9-20/h6-7,11,13,17H,1-5,8-10,12H2,(H,18,19,21). The van der Waals surface area contributed by atoms with Crippen LogP contribution in [0.1, 0.15) is 32.1 Å². The molecule has 0 unspecified atom stereocenters. The third kappa shape index (κ3) is 4.43. The predicted octanol–water partition coefficient (Wildman–Crippen LogP) is 2.01. The number of rotatable bonds is 6. The highest BCUT2D eigenvalue weighted by Gasteiger charge is 2.20. The Morgan fingerprint density at radius 1 is 1.24 bits per heavy atom. The van der Waals surface area contributed by atoms with Gasteiger partial charge in [0.15, 0.2) is 0 Å². The lowest BCUT2D eigenvalue weighted by atomic mass is 10.1. The molecule has 1 saturated carbocycles. The van der Waals surface area contributed by atoms with Gasteiger partial charge in [0.05, 0.1) is 18.4 Å². The molecule has 114 valence electrons. The molecule has 1 aromatic heterocycles. The molecule has 0 spiro atoms. The van der Waals surface area contributed by atoms with Crippen molar-refractivity contribution in [2.45, 2.75) is 32.1 Å². The molecular weight excluding hydrogens is 264 g/mol. The van der Waals surface area contributed by atoms with Crippen molar-refractivity contribution in [3.8, 4) is 0 Å². The summed E-state index contributed by atoms with van der Waals surface area (Å²) in [6.07, 6.45) is 8.29. The van der Waals surface area contributed by atoms with E-state index in [-0.39, 0.29) is 5.91 Å². The van der Waals surface area contributed by atoms with Crippen LogP contribution in [0.25, 0.3) is 0 Å². The summed E-state index contributed by atoms with van der Waals surface area (Å²) in [5.74, 6) is 1.41. The molecule has 1 aromatic rings. The molecule has 5 nitrogen and oxygen atoms in total. The molecule has 21 heavy (non-hydrogen) atoms. The van der Waals surface area contributed by atoms with E-state index in [1.807, 2.05) is 18.3 Å². The number of hydrogen-bond acceptors (Lipinski definition) is 4. The second-order valence-corrected chi connectivity index (χ2v) is 6.07. The van der Waals surface area contributed by atoms with E-state index in [2.05, 4.69) is 20.5 Å². The maximum absolute atomic E-state index is 11.8. The highest BCUT2D eigenvalue weighted by Crippen LogP contribution is 2.27. The number of aromatic nitrogens is 1. The number of nitrogens with one attached hydrogen (secondary N) is 2. The predicted molar refractivity (Wildman–Crippen MR) is 84.5 cm³/mol. The highest BCUT2D eigenvalue weighted by atomic mass is 16.1. The monoisotopic (exact) mass is 288 g/mol. The van der Waals surface area contributed by atoms with Gasteiger partial charge in [0, 0.05) is 13.1 Å². The molecule has 3 rings (SSSR count). The van der Waals surface area contributed by atoms with Crippen molar-refractivity contribution in [1.82, 2.24) is 10.3 Å². The fraction of sp³-hybridized carbons (Fsp3) is 0.625. The Morgan fingerprint density at radius 2 is 2.05 bits per heavy atom. The van der Waals surface area contributed by atoms with Gasteiger partial charge in [-0.15, -0.1) is 0 Å². The second kappa shape index (κ2) is 6.89. The van der Waals surface area contributed by atoms with Crippen molar-refractivity contribution in [2.75, 3.05) is 36.4 Å². The number of anilines is 2. The quantitative estimate of drug-likeness (QED) is 0.841. The van der Waals surface area contributed by atoms with E-state index in [4.69, 9.17) is 0 Å². The Bertz CT molecular complexity index is 464. The topological polar surface area (TPSA) is 57.3 Å². The SMILES string of the molecule is O=C(CNCC1CC1)Nc1ccc(N2CCCCC2)cn1. The summed E-state index contributed by atoms with van der Waals surface area (Å²) in [6.45, 7) is 3.54. The molecule has 1 aliphatic heterocycles. The van der Waals surface area contributed by atoms with E-state index in [1.54, 1.807) is 0 Å². The number of piperidine rings is 1. The Hall–Kier alpha value is -1.62. The lowest BCUT2D eigenvalue weighted by molar-refractivity contribution is -0.115. The van der Waals surface area contributed by atoms with Gasteiger partial charge in [-0.2, -0.15) is 0 Å². The Balaban J connectivity index is 1.45. The van der Waals surface area contributed by atoms with Crippen LogP contribution in [0, 0.1) is 5.92 Å². The van der Waals surface area contributed by atoms with Gasteiger partial charge in [-0.3, -0.25) is 4.79 Å². The molecule has 1 saturated heterocycles. The summed E-state index contributed by atoms with van der Waals surface area (Å²) < 4.78 is 0. The van der Waals surface area contributed by atoms with Crippen molar-refractivity contribution in [1.29, 1.82) is 0 Å². The summed E-state index contributed by atoms with van der Waals surface area (Å²) in [6, 6.07) is 3.94. The molecule has 2 aliphatic rings. The average Bonchev–Trinajstić information content (AvgIpc) is 3.33. The molecule has 0 bridgehead atoms. The number of carbonyl (C=O) groups excluding carboxylic acids is 1. The number of nitrogens with zero attached hydrogens (tertiary/aromatic N) is 2. The van der Waals surface area contributed by atoms with Crippen molar-refractivity contribution >= 4 is 17.4 Å². The van der Waals surface area contributed by atoms with Crippen molar-refractivity contribution < 1.29 is 4.79 Å². The van der Waals surface area contributed by atoms with Crippen LogP contribution in [0.2, 0.25) is 0 Å². The maximum atomic E-state index is 11.8. The number of pyridine rings is 1. The first-order chi connectivity index (χ1) is 10.3. The number of amides is 1. The maximum Gasteiger partial charge on any atom is 0.239 e. The van der Waals surface area contributed by atoms with Gasteiger partial charge in [-0.1, -0.05) is 0 Å². The summed E-state index contributed by atoms with van der Waals surface area (Å²) in [5.41, 5.74) is 1.15. The van der Waals surface area contributed by atoms with Gasteiger partial charge >= 0.3 is 0 Å². The molecule has 0 radical (unpaired) electrons. The summed E-state index contributed by atoms with van der Waals surface area (Å²) in [7, 11) is 0. The summed E-state index contributed by atoms with van der Waals surface area (Å²) in [4.78, 5) is 18.5. The summed E-state index contributed by atoms with van der Waals surface area (Å²) >= 11 is 0. The summed E-state index contributed by atoms with van der Waals surface area (Å²) in [5, 5.41) is 6.02. The van der Waals surface area contributed by atoms with E-state index in [9.17, 15) is 4.79 Å². The zero-order chi connectivity index (χ0) is 14.5. The minimum atomic E-state index is -0.0196. The van der Waals surface area contributed by atoms with E-state index in [0.717, 1.165) is 31.2 Å². The zero-order valence-electron chi connectivity index (χ0n) is 12.5. The Kier molecular flexibility index (Phi) is 4.70. The minimum Gasteiger partial charge on any atom is -0.370 e. The Morgan fingerprint density at radius 3 is 2.71 bits per heavy atom. The largest absolute Gasteiger partial charge is 0.370 e. The highest BCUT2D eigenvalue weighted by molar-refractivity contribution is 5.91. The van der Waals surface area contributed by atoms with Crippen LogP contribution in [-0.4, -0.2) is 37.1 Å². The van der Waals surface area contributed by atoms with Crippen LogP contribution in [-0.2, 0) is 4.79 Å². The molecule has 2 N–H and O–H groups in total. The third-order valence-corrected chi connectivity index (χ3v) is 4.15. The van der Waals surface area contributed by atoms with Gasteiger partial charge in [-0.25, -0.2) is 4.98 Å². The van der Waals surface area contributed by atoms with Gasteiger partial charge in [-0.05, 0) is 56.7 Å². The van der Waals surface area contributed by atoms with Crippen molar-refractivity contribution in [3.05, 3.63) is 18.3 Å². The molecule has 1 aliphatic carbocycles. The first-order valence-electron chi connectivity index (χ1n) is 8.03. The molecule has 1 amide bonds. The van der Waals surface area contributed by atoms with Gasteiger partial charge in [0.25, 0.3) is 0 Å². The lowest BCUT2D eigenvalue weighted by Crippen LogP contribution is -2.30. The molecular formula is C16H24N4O. The molecule has 5 heteroatoms.